The Kier molecular flexibility index (Phi) is 5.87. The Morgan fingerprint density at radius 2 is 1.65 bits per heavy atom. The van der Waals surface area contributed by atoms with Gasteiger partial charge in [-0.15, -0.1) is 0 Å². The number of hydrogen-bond donors (Lipinski definition) is 1. The highest BCUT2D eigenvalue weighted by molar-refractivity contribution is 7.90. The molecule has 1 aromatic carbocycles. The predicted molar refractivity (Wildman–Crippen MR) is 91.1 cm³/mol. The van der Waals surface area contributed by atoms with Gasteiger partial charge in [0.2, 0.25) is 5.91 Å². The summed E-state index contributed by atoms with van der Waals surface area (Å²) >= 11 is 0. The summed E-state index contributed by atoms with van der Waals surface area (Å²) in [5, 5.41) is 2.78. The molecule has 1 aromatic heterocycles. The minimum atomic E-state index is -3.01. The molecular weight excluding hydrogens is 312 g/mol. The van der Waals surface area contributed by atoms with Crippen molar-refractivity contribution in [2.45, 2.75) is 19.3 Å². The van der Waals surface area contributed by atoms with Crippen LogP contribution in [0.2, 0.25) is 0 Å². The zero-order valence-corrected chi connectivity index (χ0v) is 13.8. The third-order valence-electron chi connectivity index (χ3n) is 3.31. The van der Waals surface area contributed by atoms with Crippen molar-refractivity contribution < 1.29 is 13.2 Å². The van der Waals surface area contributed by atoms with E-state index in [-0.39, 0.29) is 18.1 Å². The Morgan fingerprint density at radius 1 is 1.04 bits per heavy atom. The van der Waals surface area contributed by atoms with Crippen molar-refractivity contribution in [3.8, 4) is 0 Å². The van der Waals surface area contributed by atoms with Gasteiger partial charge in [0.25, 0.3) is 0 Å². The van der Waals surface area contributed by atoms with E-state index in [9.17, 15) is 13.2 Å². The summed E-state index contributed by atoms with van der Waals surface area (Å²) in [5.41, 5.74) is 3.04. The van der Waals surface area contributed by atoms with Crippen LogP contribution in [0.1, 0.15) is 24.0 Å². The van der Waals surface area contributed by atoms with E-state index in [1.54, 1.807) is 12.4 Å². The molecule has 2 aromatic rings. The lowest BCUT2D eigenvalue weighted by Crippen LogP contribution is -2.13. The molecule has 0 atom stereocenters. The van der Waals surface area contributed by atoms with Gasteiger partial charge in [0.15, 0.2) is 0 Å². The molecule has 0 saturated carbocycles. The second-order valence-electron chi connectivity index (χ2n) is 5.51. The number of rotatable bonds is 7. The van der Waals surface area contributed by atoms with Gasteiger partial charge in [-0.1, -0.05) is 12.1 Å². The van der Waals surface area contributed by atoms with Crippen LogP contribution >= 0.6 is 0 Å². The van der Waals surface area contributed by atoms with Crippen LogP contribution in [-0.2, 0) is 21.1 Å². The summed E-state index contributed by atoms with van der Waals surface area (Å²) < 4.78 is 22.0. The summed E-state index contributed by atoms with van der Waals surface area (Å²) in [5.74, 6) is -0.138. The number of sulfone groups is 1. The van der Waals surface area contributed by atoms with Crippen molar-refractivity contribution >= 4 is 21.4 Å². The highest BCUT2D eigenvalue weighted by Gasteiger charge is 2.06. The number of carbonyl (C=O) groups is 1. The van der Waals surface area contributed by atoms with Gasteiger partial charge in [-0.25, -0.2) is 8.42 Å². The Hall–Kier alpha value is -2.21. The van der Waals surface area contributed by atoms with E-state index in [1.807, 2.05) is 36.4 Å². The van der Waals surface area contributed by atoms with Crippen LogP contribution in [-0.4, -0.2) is 31.3 Å². The summed E-state index contributed by atoms with van der Waals surface area (Å²) in [6.45, 7) is 0. The first-order valence-corrected chi connectivity index (χ1v) is 9.44. The normalized spacial score (nSPS) is 11.2. The number of nitrogens with zero attached hydrogens (tertiary/aromatic N) is 1. The van der Waals surface area contributed by atoms with Crippen molar-refractivity contribution in [1.82, 2.24) is 4.98 Å². The van der Waals surface area contributed by atoms with Crippen LogP contribution in [0.5, 0.6) is 0 Å². The first kappa shape index (κ1) is 17.1. The molecule has 0 fully saturated rings. The lowest BCUT2D eigenvalue weighted by atomic mass is 10.1. The van der Waals surface area contributed by atoms with Crippen LogP contribution in [0.3, 0.4) is 0 Å². The number of hydrogen-bond acceptors (Lipinski definition) is 4. The number of nitrogens with one attached hydrogen (secondary N) is 1. The number of anilines is 1. The SMILES string of the molecule is CS(=O)(=O)CCCC(=O)Nc1ccc(Cc2ccncc2)cc1. The van der Waals surface area contributed by atoms with Gasteiger partial charge in [-0.05, 0) is 48.2 Å². The van der Waals surface area contributed by atoms with E-state index >= 15 is 0 Å². The molecule has 1 amide bonds. The second kappa shape index (κ2) is 7.87. The Labute approximate surface area is 136 Å². The molecule has 122 valence electrons. The van der Waals surface area contributed by atoms with Gasteiger partial charge >= 0.3 is 0 Å². The monoisotopic (exact) mass is 332 g/mol. The molecule has 1 heterocycles. The molecule has 0 bridgehead atoms. The first-order valence-electron chi connectivity index (χ1n) is 7.38. The lowest BCUT2D eigenvalue weighted by Gasteiger charge is -2.07. The molecule has 1 N–H and O–H groups in total. The summed E-state index contributed by atoms with van der Waals surface area (Å²) in [4.78, 5) is 15.7. The van der Waals surface area contributed by atoms with Crippen LogP contribution in [0.25, 0.3) is 0 Å². The molecule has 0 aliphatic carbocycles. The van der Waals surface area contributed by atoms with Gasteiger partial charge in [-0.3, -0.25) is 9.78 Å². The zero-order chi connectivity index (χ0) is 16.7. The van der Waals surface area contributed by atoms with Crippen molar-refractivity contribution in [2.24, 2.45) is 0 Å². The van der Waals surface area contributed by atoms with E-state index in [2.05, 4.69) is 10.3 Å². The minimum absolute atomic E-state index is 0.0330. The maximum atomic E-state index is 11.8. The highest BCUT2D eigenvalue weighted by atomic mass is 32.2. The van der Waals surface area contributed by atoms with E-state index in [0.717, 1.165) is 12.0 Å². The van der Waals surface area contributed by atoms with Gasteiger partial charge in [0, 0.05) is 30.8 Å². The fourth-order valence-electron chi connectivity index (χ4n) is 2.16. The van der Waals surface area contributed by atoms with E-state index in [1.165, 1.54) is 11.8 Å². The van der Waals surface area contributed by atoms with E-state index in [4.69, 9.17) is 0 Å². The molecule has 2 rings (SSSR count). The molecular formula is C17H20N2O3S. The standard InChI is InChI=1S/C17H20N2O3S/c1-23(21,22)12-2-3-17(20)19-16-6-4-14(5-7-16)13-15-8-10-18-11-9-15/h4-11H,2-3,12-13H2,1H3,(H,19,20). The minimum Gasteiger partial charge on any atom is -0.326 e. The van der Waals surface area contributed by atoms with Gasteiger partial charge in [0.1, 0.15) is 9.84 Å². The number of amides is 1. The van der Waals surface area contributed by atoms with Crippen molar-refractivity contribution in [2.75, 3.05) is 17.3 Å². The molecule has 0 radical (unpaired) electrons. The van der Waals surface area contributed by atoms with Crippen LogP contribution in [0, 0.1) is 0 Å². The van der Waals surface area contributed by atoms with Crippen LogP contribution in [0.4, 0.5) is 5.69 Å². The Morgan fingerprint density at radius 3 is 2.26 bits per heavy atom. The fourth-order valence-corrected chi connectivity index (χ4v) is 2.83. The highest BCUT2D eigenvalue weighted by Crippen LogP contribution is 2.13. The quantitative estimate of drug-likeness (QED) is 0.845. The first-order chi connectivity index (χ1) is 10.9. The molecule has 0 aliphatic rings. The summed E-state index contributed by atoms with van der Waals surface area (Å²) in [6, 6.07) is 11.6. The largest absolute Gasteiger partial charge is 0.326 e. The average Bonchev–Trinajstić information content (AvgIpc) is 2.49. The third-order valence-corrected chi connectivity index (χ3v) is 4.34. The number of pyridine rings is 1. The molecule has 6 heteroatoms. The second-order valence-corrected chi connectivity index (χ2v) is 7.77. The molecule has 0 spiro atoms. The van der Waals surface area contributed by atoms with Crippen molar-refractivity contribution in [3.63, 3.8) is 0 Å². The van der Waals surface area contributed by atoms with E-state index in [0.29, 0.717) is 12.1 Å². The fraction of sp³-hybridized carbons (Fsp3) is 0.294. The number of carbonyl (C=O) groups excluding carboxylic acids is 1. The Balaban J connectivity index is 1.84. The lowest BCUT2D eigenvalue weighted by molar-refractivity contribution is -0.116. The van der Waals surface area contributed by atoms with Crippen LogP contribution in [0.15, 0.2) is 48.8 Å². The van der Waals surface area contributed by atoms with Crippen LogP contribution < -0.4 is 5.32 Å². The predicted octanol–water partition coefficient (Wildman–Crippen LogP) is 2.44. The van der Waals surface area contributed by atoms with Crippen molar-refractivity contribution in [1.29, 1.82) is 0 Å². The zero-order valence-electron chi connectivity index (χ0n) is 13.0. The Bertz CT molecular complexity index is 741. The summed E-state index contributed by atoms with van der Waals surface area (Å²) in [7, 11) is -3.01. The number of aromatic nitrogens is 1. The van der Waals surface area contributed by atoms with Gasteiger partial charge in [0.05, 0.1) is 5.75 Å². The molecule has 5 nitrogen and oxygen atoms in total. The van der Waals surface area contributed by atoms with E-state index < -0.39 is 9.84 Å². The summed E-state index contributed by atoms with van der Waals surface area (Å²) in [6.07, 6.45) is 6.05. The molecule has 23 heavy (non-hydrogen) atoms. The molecule has 0 unspecified atom stereocenters. The smallest absolute Gasteiger partial charge is 0.224 e. The maximum Gasteiger partial charge on any atom is 0.224 e. The topological polar surface area (TPSA) is 76.1 Å². The number of benzene rings is 1. The third kappa shape index (κ3) is 6.61. The average molecular weight is 332 g/mol. The molecule has 0 saturated heterocycles. The maximum absolute atomic E-state index is 11.8. The van der Waals surface area contributed by atoms with Crippen molar-refractivity contribution in [3.05, 3.63) is 59.9 Å². The van der Waals surface area contributed by atoms with Gasteiger partial charge in [-0.2, -0.15) is 0 Å². The molecule has 0 aliphatic heterocycles. The van der Waals surface area contributed by atoms with Gasteiger partial charge < -0.3 is 5.32 Å².